The molecule has 1 aromatic heterocycles. The summed E-state index contributed by atoms with van der Waals surface area (Å²) in [7, 11) is 1.27. The molecule has 1 heterocycles. The average Bonchev–Trinajstić information content (AvgIpc) is 2.96. The van der Waals surface area contributed by atoms with Crippen molar-refractivity contribution in [3.05, 3.63) is 51.6 Å². The Morgan fingerprint density at radius 3 is 2.50 bits per heavy atom. The van der Waals surface area contributed by atoms with E-state index in [0.29, 0.717) is 29.1 Å². The number of hydrogen-bond donors (Lipinski definition) is 2. The molecule has 1 aliphatic rings. The number of halogens is 2. The van der Waals surface area contributed by atoms with E-state index in [4.69, 9.17) is 27.9 Å². The fraction of sp³-hybridized carbons (Fsp3) is 0.409. The van der Waals surface area contributed by atoms with Crippen LogP contribution in [-0.4, -0.2) is 41.2 Å². The fourth-order valence-corrected chi connectivity index (χ4v) is 4.05. The van der Waals surface area contributed by atoms with Crippen LogP contribution >= 0.6 is 23.2 Å². The van der Waals surface area contributed by atoms with Crippen molar-refractivity contribution in [1.82, 2.24) is 10.3 Å². The van der Waals surface area contributed by atoms with Gasteiger partial charge in [-0.05, 0) is 31.0 Å². The van der Waals surface area contributed by atoms with Gasteiger partial charge in [0, 0.05) is 18.3 Å². The highest BCUT2D eigenvalue weighted by molar-refractivity contribution is 6.34. The van der Waals surface area contributed by atoms with Crippen LogP contribution in [0.3, 0.4) is 0 Å². The molecule has 0 aliphatic heterocycles. The largest absolute Gasteiger partial charge is 0.465 e. The first-order valence-corrected chi connectivity index (χ1v) is 10.6. The summed E-state index contributed by atoms with van der Waals surface area (Å²) in [5.74, 6) is -0.982. The Morgan fingerprint density at radius 2 is 1.83 bits per heavy atom. The third-order valence-electron chi connectivity index (χ3n) is 5.36. The number of pyridine rings is 1. The predicted molar refractivity (Wildman–Crippen MR) is 116 cm³/mol. The summed E-state index contributed by atoms with van der Waals surface area (Å²) in [5, 5.41) is 14.1. The molecule has 30 heavy (non-hydrogen) atoms. The van der Waals surface area contributed by atoms with Crippen molar-refractivity contribution < 1.29 is 19.4 Å². The maximum atomic E-state index is 12.8. The van der Waals surface area contributed by atoms with Gasteiger partial charge in [-0.25, -0.2) is 4.79 Å². The first-order chi connectivity index (χ1) is 14.3. The summed E-state index contributed by atoms with van der Waals surface area (Å²) < 4.78 is 4.81. The summed E-state index contributed by atoms with van der Waals surface area (Å²) in [6.45, 7) is 0.166. The Hall–Kier alpha value is -2.15. The van der Waals surface area contributed by atoms with E-state index < -0.39 is 17.5 Å². The Morgan fingerprint density at radius 1 is 1.13 bits per heavy atom. The molecule has 160 valence electrons. The Kier molecular flexibility index (Phi) is 7.34. The number of ether oxygens (including phenoxy) is 1. The molecule has 1 fully saturated rings. The number of aliphatic hydroxyl groups is 1. The number of nitrogens with zero attached hydrogens (tertiary/aromatic N) is 1. The van der Waals surface area contributed by atoms with Crippen LogP contribution in [0, 0.1) is 0 Å². The normalized spacial score (nSPS) is 15.9. The van der Waals surface area contributed by atoms with E-state index in [1.54, 1.807) is 18.2 Å². The number of esters is 1. The molecule has 1 amide bonds. The topological polar surface area (TPSA) is 88.5 Å². The molecular formula is C22H24Cl2N2O4. The Bertz CT molecular complexity index is 941. The van der Waals surface area contributed by atoms with Gasteiger partial charge in [0.05, 0.1) is 39.6 Å². The second kappa shape index (κ2) is 9.77. The van der Waals surface area contributed by atoms with E-state index in [1.165, 1.54) is 19.4 Å². The van der Waals surface area contributed by atoms with Crippen LogP contribution in [0.15, 0.2) is 30.5 Å². The van der Waals surface area contributed by atoms with Crippen LogP contribution in [0.5, 0.6) is 0 Å². The van der Waals surface area contributed by atoms with Gasteiger partial charge in [0.15, 0.2) is 0 Å². The third-order valence-corrected chi connectivity index (χ3v) is 5.89. The van der Waals surface area contributed by atoms with Gasteiger partial charge in [-0.15, -0.1) is 0 Å². The van der Waals surface area contributed by atoms with Crippen LogP contribution in [-0.2, 0) is 4.74 Å². The maximum Gasteiger partial charge on any atom is 0.340 e. The fourth-order valence-electron chi connectivity index (χ4n) is 3.68. The van der Waals surface area contributed by atoms with Gasteiger partial charge >= 0.3 is 5.97 Å². The second-order valence-corrected chi connectivity index (χ2v) is 8.40. The zero-order chi connectivity index (χ0) is 21.7. The second-order valence-electron chi connectivity index (χ2n) is 7.56. The van der Waals surface area contributed by atoms with Crippen molar-refractivity contribution in [2.24, 2.45) is 0 Å². The molecule has 0 bridgehead atoms. The number of methoxy groups -OCH3 is 1. The number of benzene rings is 1. The summed E-state index contributed by atoms with van der Waals surface area (Å²) in [5.41, 5.74) is 0.381. The number of carbonyl (C=O) groups is 2. The van der Waals surface area contributed by atoms with Gasteiger partial charge in [-0.1, -0.05) is 55.0 Å². The van der Waals surface area contributed by atoms with Crippen molar-refractivity contribution in [2.75, 3.05) is 13.7 Å². The molecule has 0 saturated heterocycles. The third kappa shape index (κ3) is 5.31. The Balaban J connectivity index is 1.85. The number of carbonyl (C=O) groups excluding carboxylic acids is 2. The van der Waals surface area contributed by atoms with Crippen LogP contribution in [0.2, 0.25) is 10.0 Å². The minimum absolute atomic E-state index is 0.166. The van der Waals surface area contributed by atoms with E-state index in [0.717, 1.165) is 25.7 Å². The first kappa shape index (κ1) is 22.5. The van der Waals surface area contributed by atoms with E-state index in [1.807, 2.05) is 0 Å². The first-order valence-electron chi connectivity index (χ1n) is 9.87. The van der Waals surface area contributed by atoms with Crippen LogP contribution < -0.4 is 5.32 Å². The quantitative estimate of drug-likeness (QED) is 0.510. The summed E-state index contributed by atoms with van der Waals surface area (Å²) in [6, 6.07) is 6.27. The van der Waals surface area contributed by atoms with Crippen molar-refractivity contribution in [2.45, 2.75) is 44.1 Å². The van der Waals surface area contributed by atoms with Crippen molar-refractivity contribution in [1.29, 1.82) is 0 Å². The molecule has 8 heteroatoms. The molecule has 0 atom stereocenters. The number of rotatable bonds is 5. The van der Waals surface area contributed by atoms with E-state index in [-0.39, 0.29) is 22.7 Å². The molecule has 1 aliphatic carbocycles. The maximum absolute atomic E-state index is 12.8. The molecule has 2 aromatic rings. The molecule has 1 aromatic carbocycles. The molecule has 0 spiro atoms. The lowest BCUT2D eigenvalue weighted by molar-refractivity contribution is 0.0246. The highest BCUT2D eigenvalue weighted by Gasteiger charge is 2.29. The standard InChI is InChI=1S/C22H24Cl2N2O4/c1-30-21(28)17-11-15(23)12-25-19(17)14-6-7-18(24)16(10-14)20(27)26-13-22(29)8-4-2-3-5-9-22/h6-7,10-12,29H,2-5,8-9,13H2,1H3,(H,26,27). The Labute approximate surface area is 185 Å². The molecule has 0 radical (unpaired) electrons. The van der Waals surface area contributed by atoms with Crippen LogP contribution in [0.4, 0.5) is 0 Å². The van der Waals surface area contributed by atoms with Crippen molar-refractivity contribution in [3.63, 3.8) is 0 Å². The zero-order valence-corrected chi connectivity index (χ0v) is 18.2. The van der Waals surface area contributed by atoms with Gasteiger partial charge in [-0.2, -0.15) is 0 Å². The van der Waals surface area contributed by atoms with Crippen LogP contribution in [0.25, 0.3) is 11.3 Å². The molecule has 2 N–H and O–H groups in total. The number of hydrogen-bond acceptors (Lipinski definition) is 5. The van der Waals surface area contributed by atoms with E-state index in [9.17, 15) is 14.7 Å². The lowest BCUT2D eigenvalue weighted by Gasteiger charge is -2.27. The molecule has 6 nitrogen and oxygen atoms in total. The van der Waals surface area contributed by atoms with Gasteiger partial charge in [0.25, 0.3) is 5.91 Å². The summed E-state index contributed by atoms with van der Waals surface area (Å²) in [4.78, 5) is 29.2. The number of nitrogens with one attached hydrogen (secondary N) is 1. The highest BCUT2D eigenvalue weighted by atomic mass is 35.5. The highest BCUT2D eigenvalue weighted by Crippen LogP contribution is 2.29. The van der Waals surface area contributed by atoms with Gasteiger partial charge in [-0.3, -0.25) is 9.78 Å². The lowest BCUT2D eigenvalue weighted by atomic mass is 9.94. The van der Waals surface area contributed by atoms with Gasteiger partial charge in [0.1, 0.15) is 0 Å². The van der Waals surface area contributed by atoms with Crippen molar-refractivity contribution >= 4 is 35.1 Å². The SMILES string of the molecule is COC(=O)c1cc(Cl)cnc1-c1ccc(Cl)c(C(=O)NCC2(O)CCCCCC2)c1. The summed E-state index contributed by atoms with van der Waals surface area (Å²) >= 11 is 12.2. The number of amides is 1. The van der Waals surface area contributed by atoms with Crippen molar-refractivity contribution in [3.8, 4) is 11.3 Å². The molecule has 0 unspecified atom stereocenters. The van der Waals surface area contributed by atoms with E-state index in [2.05, 4.69) is 10.3 Å². The predicted octanol–water partition coefficient (Wildman–Crippen LogP) is 4.66. The summed E-state index contributed by atoms with van der Waals surface area (Å²) in [6.07, 6.45) is 6.83. The average molecular weight is 451 g/mol. The lowest BCUT2D eigenvalue weighted by Crippen LogP contribution is -2.42. The molecular weight excluding hydrogens is 427 g/mol. The smallest absolute Gasteiger partial charge is 0.340 e. The van der Waals surface area contributed by atoms with Gasteiger partial charge < -0.3 is 15.2 Å². The van der Waals surface area contributed by atoms with E-state index >= 15 is 0 Å². The van der Waals surface area contributed by atoms with Gasteiger partial charge in [0.2, 0.25) is 0 Å². The van der Waals surface area contributed by atoms with Crippen LogP contribution in [0.1, 0.15) is 59.2 Å². The monoisotopic (exact) mass is 450 g/mol. The number of aromatic nitrogens is 1. The minimum atomic E-state index is -0.897. The minimum Gasteiger partial charge on any atom is -0.465 e. The molecule has 3 rings (SSSR count). The zero-order valence-electron chi connectivity index (χ0n) is 16.7. The molecule has 1 saturated carbocycles.